The molecule has 15 heavy (non-hydrogen) atoms. The second kappa shape index (κ2) is 5.31. The van der Waals surface area contributed by atoms with E-state index < -0.39 is 0 Å². The lowest BCUT2D eigenvalue weighted by molar-refractivity contribution is -0.0561. The normalized spacial score (nSPS) is 30.0. The van der Waals surface area contributed by atoms with E-state index in [1.54, 1.807) is 0 Å². The van der Waals surface area contributed by atoms with E-state index in [1.807, 2.05) is 0 Å². The summed E-state index contributed by atoms with van der Waals surface area (Å²) in [4.78, 5) is 0. The van der Waals surface area contributed by atoms with Crippen molar-refractivity contribution in [2.24, 2.45) is 5.92 Å². The quantitative estimate of drug-likeness (QED) is 0.756. The predicted octanol–water partition coefficient (Wildman–Crippen LogP) is 3.32. The molecule has 0 spiro atoms. The average Bonchev–Trinajstić information content (AvgIpc) is 2.56. The Bertz CT molecular complexity index is 187. The largest absolute Gasteiger partial charge is 0.355 e. The van der Waals surface area contributed by atoms with Gasteiger partial charge in [-0.25, -0.2) is 0 Å². The first-order valence-electron chi connectivity index (χ1n) is 6.51. The fourth-order valence-corrected chi connectivity index (χ4v) is 2.64. The second-order valence-electron chi connectivity index (χ2n) is 5.14. The maximum atomic E-state index is 6.20. The molecule has 1 heterocycles. The summed E-state index contributed by atoms with van der Waals surface area (Å²) in [5.41, 5.74) is 0.0882. The van der Waals surface area contributed by atoms with E-state index in [1.165, 1.54) is 6.42 Å². The van der Waals surface area contributed by atoms with Crippen molar-refractivity contribution < 1.29 is 4.74 Å². The van der Waals surface area contributed by atoms with Crippen LogP contribution in [0.15, 0.2) is 0 Å². The van der Waals surface area contributed by atoms with Crippen LogP contribution in [0.25, 0.3) is 0 Å². The minimum Gasteiger partial charge on any atom is -0.355 e. The lowest BCUT2D eigenvalue weighted by atomic mass is 9.84. The van der Waals surface area contributed by atoms with Crippen molar-refractivity contribution in [1.82, 2.24) is 5.32 Å². The van der Waals surface area contributed by atoms with E-state index in [9.17, 15) is 0 Å². The van der Waals surface area contributed by atoms with Gasteiger partial charge in [0.15, 0.2) is 0 Å². The Balaban J connectivity index is 2.72. The summed E-state index contributed by atoms with van der Waals surface area (Å²) in [5.74, 6) is 0.735. The third kappa shape index (κ3) is 2.73. The standard InChI is InChI=1S/C13H27NO/c1-6-12-14-11(9-10(4)5)13(7-2,8-3)15-12/h10-12,14H,6-9H2,1-5H3/t11-,12+/m0/s1. The van der Waals surface area contributed by atoms with Crippen LogP contribution in [0.5, 0.6) is 0 Å². The predicted molar refractivity (Wildman–Crippen MR) is 64.9 cm³/mol. The van der Waals surface area contributed by atoms with Crippen molar-refractivity contribution in [3.8, 4) is 0 Å². The van der Waals surface area contributed by atoms with Crippen molar-refractivity contribution in [2.75, 3.05) is 0 Å². The molecule has 0 bridgehead atoms. The molecule has 1 N–H and O–H groups in total. The summed E-state index contributed by atoms with van der Waals surface area (Å²) in [6, 6.07) is 0.539. The monoisotopic (exact) mass is 213 g/mol. The molecule has 0 unspecified atom stereocenters. The van der Waals surface area contributed by atoms with E-state index in [-0.39, 0.29) is 11.8 Å². The summed E-state index contributed by atoms with van der Waals surface area (Å²) >= 11 is 0. The highest BCUT2D eigenvalue weighted by molar-refractivity contribution is 4.97. The maximum Gasteiger partial charge on any atom is 0.109 e. The van der Waals surface area contributed by atoms with Crippen LogP contribution in [-0.2, 0) is 4.74 Å². The van der Waals surface area contributed by atoms with Gasteiger partial charge in [-0.15, -0.1) is 0 Å². The van der Waals surface area contributed by atoms with Gasteiger partial charge in [-0.05, 0) is 31.6 Å². The van der Waals surface area contributed by atoms with Crippen LogP contribution >= 0.6 is 0 Å². The molecule has 1 saturated heterocycles. The molecule has 0 radical (unpaired) electrons. The van der Waals surface area contributed by atoms with E-state index in [2.05, 4.69) is 39.9 Å². The SMILES string of the molecule is CC[C@@H]1N[C@@H](CC(C)C)C(CC)(CC)O1. The highest BCUT2D eigenvalue weighted by atomic mass is 16.5. The number of ether oxygens (including phenoxy) is 1. The van der Waals surface area contributed by atoms with Crippen LogP contribution in [0.1, 0.15) is 60.3 Å². The van der Waals surface area contributed by atoms with Crippen molar-refractivity contribution in [3.63, 3.8) is 0 Å². The van der Waals surface area contributed by atoms with Crippen LogP contribution in [0.4, 0.5) is 0 Å². The molecule has 0 saturated carbocycles. The highest BCUT2D eigenvalue weighted by Crippen LogP contribution is 2.35. The first kappa shape index (κ1) is 13.0. The molecular weight excluding hydrogens is 186 g/mol. The van der Waals surface area contributed by atoms with Crippen LogP contribution in [0, 0.1) is 5.92 Å². The van der Waals surface area contributed by atoms with Crippen LogP contribution in [0.3, 0.4) is 0 Å². The molecule has 1 aliphatic heterocycles. The molecular formula is C13H27NO. The Morgan fingerprint density at radius 2 is 1.80 bits per heavy atom. The van der Waals surface area contributed by atoms with E-state index in [4.69, 9.17) is 4.74 Å². The number of rotatable bonds is 5. The summed E-state index contributed by atoms with van der Waals surface area (Å²) in [6.45, 7) is 11.3. The summed E-state index contributed by atoms with van der Waals surface area (Å²) in [5, 5.41) is 3.64. The lowest BCUT2D eigenvalue weighted by Gasteiger charge is -2.32. The van der Waals surface area contributed by atoms with Gasteiger partial charge in [0.1, 0.15) is 6.23 Å². The maximum absolute atomic E-state index is 6.20. The van der Waals surface area contributed by atoms with Gasteiger partial charge in [-0.1, -0.05) is 34.6 Å². The van der Waals surface area contributed by atoms with E-state index in [0.717, 1.165) is 25.2 Å². The zero-order valence-corrected chi connectivity index (χ0v) is 11.0. The Morgan fingerprint density at radius 1 is 1.20 bits per heavy atom. The average molecular weight is 213 g/mol. The molecule has 1 fully saturated rings. The minimum absolute atomic E-state index is 0.0882. The summed E-state index contributed by atoms with van der Waals surface area (Å²) < 4.78 is 6.20. The molecule has 90 valence electrons. The van der Waals surface area contributed by atoms with Crippen molar-refractivity contribution in [1.29, 1.82) is 0 Å². The first-order chi connectivity index (χ1) is 7.07. The van der Waals surface area contributed by atoms with Gasteiger partial charge in [0.05, 0.1) is 5.60 Å². The molecule has 1 aliphatic rings. The van der Waals surface area contributed by atoms with Gasteiger partial charge in [0.2, 0.25) is 0 Å². The summed E-state index contributed by atoms with van der Waals surface area (Å²) in [7, 11) is 0. The number of hydrogen-bond acceptors (Lipinski definition) is 2. The Hall–Kier alpha value is -0.0800. The molecule has 2 atom stereocenters. The topological polar surface area (TPSA) is 21.3 Å². The molecule has 0 aromatic heterocycles. The molecule has 0 aliphatic carbocycles. The molecule has 2 nitrogen and oxygen atoms in total. The molecule has 0 amide bonds. The smallest absolute Gasteiger partial charge is 0.109 e. The molecule has 1 rings (SSSR count). The van der Waals surface area contributed by atoms with Gasteiger partial charge in [0, 0.05) is 6.04 Å². The zero-order chi connectivity index (χ0) is 11.5. The zero-order valence-electron chi connectivity index (χ0n) is 11.0. The van der Waals surface area contributed by atoms with Crippen LogP contribution in [0.2, 0.25) is 0 Å². The van der Waals surface area contributed by atoms with Gasteiger partial charge >= 0.3 is 0 Å². The Morgan fingerprint density at radius 3 is 2.20 bits per heavy atom. The third-order valence-electron chi connectivity index (χ3n) is 3.67. The lowest BCUT2D eigenvalue weighted by Crippen LogP contribution is -2.43. The number of hydrogen-bond donors (Lipinski definition) is 1. The summed E-state index contributed by atoms with van der Waals surface area (Å²) in [6.07, 6.45) is 4.79. The second-order valence-corrected chi connectivity index (χ2v) is 5.14. The van der Waals surface area contributed by atoms with Gasteiger partial charge < -0.3 is 4.74 Å². The first-order valence-corrected chi connectivity index (χ1v) is 6.51. The van der Waals surface area contributed by atoms with Crippen LogP contribution < -0.4 is 5.32 Å². The van der Waals surface area contributed by atoms with Gasteiger partial charge in [0.25, 0.3) is 0 Å². The Kier molecular flexibility index (Phi) is 4.60. The molecule has 0 aromatic rings. The van der Waals surface area contributed by atoms with Crippen LogP contribution in [-0.4, -0.2) is 17.9 Å². The van der Waals surface area contributed by atoms with Crippen molar-refractivity contribution in [3.05, 3.63) is 0 Å². The Labute approximate surface area is 94.8 Å². The molecule has 2 heteroatoms. The fraction of sp³-hybridized carbons (Fsp3) is 1.00. The third-order valence-corrected chi connectivity index (χ3v) is 3.67. The van der Waals surface area contributed by atoms with Gasteiger partial charge in [-0.3, -0.25) is 5.32 Å². The van der Waals surface area contributed by atoms with Crippen molar-refractivity contribution in [2.45, 2.75) is 78.2 Å². The van der Waals surface area contributed by atoms with E-state index >= 15 is 0 Å². The van der Waals surface area contributed by atoms with Crippen molar-refractivity contribution >= 4 is 0 Å². The minimum atomic E-state index is 0.0882. The number of nitrogens with one attached hydrogen (secondary N) is 1. The molecule has 0 aromatic carbocycles. The fourth-order valence-electron chi connectivity index (χ4n) is 2.64. The highest BCUT2D eigenvalue weighted by Gasteiger charge is 2.44. The van der Waals surface area contributed by atoms with Gasteiger partial charge in [-0.2, -0.15) is 0 Å². The van der Waals surface area contributed by atoms with E-state index in [0.29, 0.717) is 6.04 Å².